The largest absolute Gasteiger partial charge is 0.465 e. The molecule has 0 N–H and O–H groups in total. The topological polar surface area (TPSA) is 41.9 Å². The van der Waals surface area contributed by atoms with Gasteiger partial charge in [0.2, 0.25) is 0 Å². The number of rotatable bonds is 5. The summed E-state index contributed by atoms with van der Waals surface area (Å²) in [5, 5.41) is 0. The molecule has 1 aliphatic carbocycles. The van der Waals surface area contributed by atoms with Crippen molar-refractivity contribution < 1.29 is 9.53 Å². The quantitative estimate of drug-likeness (QED) is 0.665. The summed E-state index contributed by atoms with van der Waals surface area (Å²) in [7, 11) is 4.05. The minimum absolute atomic E-state index is 0.0675. The van der Waals surface area contributed by atoms with Crippen LogP contribution in [-0.4, -0.2) is 50.4 Å². The van der Waals surface area contributed by atoms with Gasteiger partial charge in [-0.3, -0.25) is 9.79 Å². The fourth-order valence-corrected chi connectivity index (χ4v) is 1.91. The molecule has 1 rings (SSSR count). The second-order valence-corrected chi connectivity index (χ2v) is 4.37. The molecule has 0 saturated heterocycles. The maximum atomic E-state index is 11.6. The summed E-state index contributed by atoms with van der Waals surface area (Å²) in [6.07, 6.45) is 2.92. The first-order valence-electron chi connectivity index (χ1n) is 5.99. The number of aliphatic imine (C=N–C) groups is 1. The van der Waals surface area contributed by atoms with E-state index in [4.69, 9.17) is 4.74 Å². The summed E-state index contributed by atoms with van der Waals surface area (Å²) < 4.78 is 5.05. The molecule has 0 spiro atoms. The van der Waals surface area contributed by atoms with Gasteiger partial charge in [-0.15, -0.1) is 0 Å². The van der Waals surface area contributed by atoms with Gasteiger partial charge in [0.25, 0.3) is 0 Å². The molecule has 0 aromatic rings. The van der Waals surface area contributed by atoms with Gasteiger partial charge in [0.15, 0.2) is 0 Å². The van der Waals surface area contributed by atoms with Gasteiger partial charge in [-0.2, -0.15) is 0 Å². The van der Waals surface area contributed by atoms with Crippen LogP contribution in [0.2, 0.25) is 0 Å². The van der Waals surface area contributed by atoms with Gasteiger partial charge in [-0.05, 0) is 40.3 Å². The first-order valence-corrected chi connectivity index (χ1v) is 5.99. The number of carbonyl (C=O) groups is 1. The van der Waals surface area contributed by atoms with Crippen molar-refractivity contribution >= 4 is 11.7 Å². The van der Waals surface area contributed by atoms with E-state index < -0.39 is 0 Å². The fraction of sp³-hybridized carbons (Fsp3) is 0.833. The Morgan fingerprint density at radius 2 is 2.31 bits per heavy atom. The number of likely N-dealkylation sites (N-methyl/N-ethyl adjacent to an activating group) is 1. The van der Waals surface area contributed by atoms with Crippen molar-refractivity contribution in [3.63, 3.8) is 0 Å². The third-order valence-corrected chi connectivity index (χ3v) is 2.76. The summed E-state index contributed by atoms with van der Waals surface area (Å²) >= 11 is 0. The maximum Gasteiger partial charge on any atom is 0.314 e. The Bertz CT molecular complexity index is 262. The molecule has 0 amide bonds. The molecule has 1 atom stereocenters. The first-order chi connectivity index (χ1) is 7.65. The van der Waals surface area contributed by atoms with Crippen LogP contribution in [0.15, 0.2) is 4.99 Å². The van der Waals surface area contributed by atoms with E-state index in [1.54, 1.807) is 0 Å². The Balaban J connectivity index is 2.48. The molecule has 0 heterocycles. The lowest BCUT2D eigenvalue weighted by atomic mass is 10.1. The number of carbonyl (C=O) groups excluding carboxylic acids is 1. The van der Waals surface area contributed by atoms with Crippen molar-refractivity contribution in [1.82, 2.24) is 4.90 Å². The standard InChI is InChI=1S/C12H22N2O2/c1-4-16-12(15)10-6-5-7-11(10)13-8-9-14(2)3/h10H,4-9H2,1-3H3. The molecule has 16 heavy (non-hydrogen) atoms. The van der Waals surface area contributed by atoms with Crippen molar-refractivity contribution in [2.75, 3.05) is 33.8 Å². The van der Waals surface area contributed by atoms with Crippen molar-refractivity contribution in [2.45, 2.75) is 26.2 Å². The zero-order valence-corrected chi connectivity index (χ0v) is 10.5. The van der Waals surface area contributed by atoms with Crippen LogP contribution in [0.1, 0.15) is 26.2 Å². The molecule has 1 aliphatic rings. The second kappa shape index (κ2) is 6.63. The van der Waals surface area contributed by atoms with E-state index in [2.05, 4.69) is 9.89 Å². The molecular weight excluding hydrogens is 204 g/mol. The number of hydrogen-bond acceptors (Lipinski definition) is 4. The van der Waals surface area contributed by atoms with Crippen LogP contribution in [0.25, 0.3) is 0 Å². The van der Waals surface area contributed by atoms with Gasteiger partial charge in [-0.25, -0.2) is 0 Å². The van der Waals surface area contributed by atoms with Crippen molar-refractivity contribution in [2.24, 2.45) is 10.9 Å². The van der Waals surface area contributed by atoms with Gasteiger partial charge in [-0.1, -0.05) is 0 Å². The molecular formula is C12H22N2O2. The number of hydrogen-bond donors (Lipinski definition) is 0. The van der Waals surface area contributed by atoms with E-state index in [1.807, 2.05) is 21.0 Å². The van der Waals surface area contributed by atoms with E-state index in [1.165, 1.54) is 0 Å². The highest BCUT2D eigenvalue weighted by Crippen LogP contribution is 2.24. The van der Waals surface area contributed by atoms with Gasteiger partial charge in [0.1, 0.15) is 0 Å². The zero-order chi connectivity index (χ0) is 12.0. The monoisotopic (exact) mass is 226 g/mol. The van der Waals surface area contributed by atoms with Gasteiger partial charge >= 0.3 is 5.97 Å². The van der Waals surface area contributed by atoms with Crippen molar-refractivity contribution in [3.8, 4) is 0 Å². The molecule has 0 aromatic heterocycles. The number of nitrogens with zero attached hydrogens (tertiary/aromatic N) is 2. The molecule has 0 radical (unpaired) electrons. The van der Waals surface area contributed by atoms with Crippen LogP contribution in [0.5, 0.6) is 0 Å². The predicted octanol–water partition coefficient (Wildman–Crippen LogP) is 1.35. The third-order valence-electron chi connectivity index (χ3n) is 2.76. The molecule has 1 unspecified atom stereocenters. The number of ether oxygens (including phenoxy) is 1. The number of esters is 1. The Labute approximate surface area is 97.7 Å². The normalized spacial score (nSPS) is 23.0. The second-order valence-electron chi connectivity index (χ2n) is 4.37. The van der Waals surface area contributed by atoms with Crippen molar-refractivity contribution in [1.29, 1.82) is 0 Å². The van der Waals surface area contributed by atoms with E-state index in [0.29, 0.717) is 6.61 Å². The summed E-state index contributed by atoms with van der Waals surface area (Å²) in [6, 6.07) is 0. The molecule has 1 fully saturated rings. The van der Waals surface area contributed by atoms with Crippen molar-refractivity contribution in [3.05, 3.63) is 0 Å². The predicted molar refractivity (Wildman–Crippen MR) is 64.8 cm³/mol. The SMILES string of the molecule is CCOC(=O)C1CCCC1=NCCN(C)C. The first kappa shape index (κ1) is 13.2. The van der Waals surface area contributed by atoms with E-state index in [9.17, 15) is 4.79 Å². The smallest absolute Gasteiger partial charge is 0.314 e. The van der Waals surface area contributed by atoms with Gasteiger partial charge in [0.05, 0.1) is 19.1 Å². The van der Waals surface area contributed by atoms with E-state index in [-0.39, 0.29) is 11.9 Å². The molecule has 4 nitrogen and oxygen atoms in total. The summed E-state index contributed by atoms with van der Waals surface area (Å²) in [4.78, 5) is 18.3. The van der Waals surface area contributed by atoms with Crippen LogP contribution in [0, 0.1) is 5.92 Å². The molecule has 4 heteroatoms. The highest BCUT2D eigenvalue weighted by atomic mass is 16.5. The highest BCUT2D eigenvalue weighted by molar-refractivity contribution is 6.03. The maximum absolute atomic E-state index is 11.6. The van der Waals surface area contributed by atoms with Gasteiger partial charge in [0, 0.05) is 12.3 Å². The Morgan fingerprint density at radius 1 is 1.56 bits per heavy atom. The molecule has 0 bridgehead atoms. The summed E-state index contributed by atoms with van der Waals surface area (Å²) in [6.45, 7) is 4.01. The fourth-order valence-electron chi connectivity index (χ4n) is 1.91. The van der Waals surface area contributed by atoms with Crippen LogP contribution < -0.4 is 0 Å². The lowest BCUT2D eigenvalue weighted by Gasteiger charge is -2.11. The highest BCUT2D eigenvalue weighted by Gasteiger charge is 2.29. The molecule has 1 saturated carbocycles. The summed E-state index contributed by atoms with van der Waals surface area (Å²) in [5.41, 5.74) is 1.04. The van der Waals surface area contributed by atoms with E-state index in [0.717, 1.165) is 38.1 Å². The Kier molecular flexibility index (Phi) is 5.46. The third kappa shape index (κ3) is 3.93. The average Bonchev–Trinajstić information content (AvgIpc) is 2.66. The van der Waals surface area contributed by atoms with Crippen LogP contribution in [-0.2, 0) is 9.53 Å². The average molecular weight is 226 g/mol. The van der Waals surface area contributed by atoms with E-state index >= 15 is 0 Å². The Hall–Kier alpha value is -0.900. The lowest BCUT2D eigenvalue weighted by molar-refractivity contribution is -0.145. The molecule has 0 aromatic carbocycles. The lowest BCUT2D eigenvalue weighted by Crippen LogP contribution is -2.23. The van der Waals surface area contributed by atoms with Crippen LogP contribution in [0.3, 0.4) is 0 Å². The minimum Gasteiger partial charge on any atom is -0.465 e. The molecule has 92 valence electrons. The van der Waals surface area contributed by atoms with Crippen LogP contribution >= 0.6 is 0 Å². The molecule has 0 aliphatic heterocycles. The minimum atomic E-state index is -0.0939. The summed E-state index contributed by atoms with van der Waals surface area (Å²) in [5.74, 6) is -0.161. The van der Waals surface area contributed by atoms with Crippen LogP contribution in [0.4, 0.5) is 0 Å². The van der Waals surface area contributed by atoms with Gasteiger partial charge < -0.3 is 9.64 Å². The Morgan fingerprint density at radius 3 is 2.94 bits per heavy atom. The zero-order valence-electron chi connectivity index (χ0n) is 10.5.